The Morgan fingerprint density at radius 1 is 1.24 bits per heavy atom. The van der Waals surface area contributed by atoms with Gasteiger partial charge < -0.3 is 4.90 Å². The lowest BCUT2D eigenvalue weighted by Gasteiger charge is -2.33. The van der Waals surface area contributed by atoms with Crippen molar-refractivity contribution in [3.8, 4) is 0 Å². The number of hydrogen-bond acceptors (Lipinski definition) is 4. The number of hydrogen-bond donors (Lipinski definition) is 0. The average Bonchev–Trinajstić information content (AvgIpc) is 3.02. The number of piperidine rings is 1. The van der Waals surface area contributed by atoms with Gasteiger partial charge in [0.1, 0.15) is 5.82 Å². The zero-order chi connectivity index (χ0) is 14.7. The van der Waals surface area contributed by atoms with Crippen molar-refractivity contribution in [2.75, 3.05) is 18.0 Å². The number of aryl methyl sites for hydroxylation is 3. The Kier molecular flexibility index (Phi) is 4.18. The molecule has 0 saturated carbocycles. The van der Waals surface area contributed by atoms with Crippen LogP contribution in [0.15, 0.2) is 24.7 Å². The number of nitrogens with zero attached hydrogens (tertiary/aromatic N) is 5. The minimum Gasteiger partial charge on any atom is -0.355 e. The largest absolute Gasteiger partial charge is 0.355 e. The molecule has 5 heteroatoms. The molecule has 2 aromatic rings. The summed E-state index contributed by atoms with van der Waals surface area (Å²) in [5, 5.41) is 4.27. The van der Waals surface area contributed by atoms with Crippen molar-refractivity contribution < 1.29 is 0 Å². The molecule has 0 N–H and O–H groups in total. The van der Waals surface area contributed by atoms with Crippen LogP contribution in [0.25, 0.3) is 0 Å². The van der Waals surface area contributed by atoms with Crippen molar-refractivity contribution in [3.05, 3.63) is 36.0 Å². The van der Waals surface area contributed by atoms with Crippen LogP contribution in [0.1, 0.15) is 30.7 Å². The van der Waals surface area contributed by atoms with Gasteiger partial charge in [-0.25, -0.2) is 4.98 Å². The van der Waals surface area contributed by atoms with E-state index in [-0.39, 0.29) is 0 Å². The van der Waals surface area contributed by atoms with Gasteiger partial charge in [-0.15, -0.1) is 0 Å². The fourth-order valence-electron chi connectivity index (χ4n) is 3.01. The van der Waals surface area contributed by atoms with E-state index in [1.54, 1.807) is 0 Å². The lowest BCUT2D eigenvalue weighted by molar-refractivity contribution is 0.353. The number of anilines is 1. The van der Waals surface area contributed by atoms with Crippen LogP contribution in [0.5, 0.6) is 0 Å². The van der Waals surface area contributed by atoms with E-state index in [1.165, 1.54) is 19.3 Å². The second-order valence-electron chi connectivity index (χ2n) is 5.91. The third-order valence-electron chi connectivity index (χ3n) is 4.29. The van der Waals surface area contributed by atoms with Gasteiger partial charge in [0, 0.05) is 38.2 Å². The lowest BCUT2D eigenvalue weighted by Crippen LogP contribution is -2.35. The van der Waals surface area contributed by atoms with Crippen LogP contribution >= 0.6 is 0 Å². The number of rotatable bonds is 4. The molecule has 21 heavy (non-hydrogen) atoms. The SMILES string of the molecule is Cc1cnc(C)c(N2CCC(CCn3cccn3)CC2)n1. The lowest BCUT2D eigenvalue weighted by atomic mass is 9.93. The Bertz CT molecular complexity index is 570. The summed E-state index contributed by atoms with van der Waals surface area (Å²) in [5.74, 6) is 1.86. The topological polar surface area (TPSA) is 46.8 Å². The Balaban J connectivity index is 1.54. The fourth-order valence-corrected chi connectivity index (χ4v) is 3.01. The molecule has 5 nitrogen and oxygen atoms in total. The summed E-state index contributed by atoms with van der Waals surface area (Å²) in [4.78, 5) is 11.5. The van der Waals surface area contributed by atoms with Crippen molar-refractivity contribution in [1.29, 1.82) is 0 Å². The monoisotopic (exact) mass is 285 g/mol. The Hall–Kier alpha value is -1.91. The summed E-state index contributed by atoms with van der Waals surface area (Å²) in [6.45, 7) is 7.25. The zero-order valence-corrected chi connectivity index (χ0v) is 12.9. The highest BCUT2D eigenvalue weighted by atomic mass is 15.3. The maximum absolute atomic E-state index is 4.66. The highest BCUT2D eigenvalue weighted by Crippen LogP contribution is 2.25. The molecular formula is C16H23N5. The molecule has 1 saturated heterocycles. The summed E-state index contributed by atoms with van der Waals surface area (Å²) < 4.78 is 2.03. The summed E-state index contributed by atoms with van der Waals surface area (Å²) in [6, 6.07) is 1.99. The van der Waals surface area contributed by atoms with Crippen molar-refractivity contribution in [2.45, 2.75) is 39.7 Å². The maximum atomic E-state index is 4.66. The van der Waals surface area contributed by atoms with E-state index in [1.807, 2.05) is 43.2 Å². The molecule has 1 fully saturated rings. The van der Waals surface area contributed by atoms with Crippen molar-refractivity contribution in [1.82, 2.24) is 19.7 Å². The van der Waals surface area contributed by atoms with E-state index in [2.05, 4.69) is 20.0 Å². The molecule has 3 heterocycles. The molecule has 1 aliphatic heterocycles. The molecule has 0 atom stereocenters. The Morgan fingerprint density at radius 3 is 2.76 bits per heavy atom. The van der Waals surface area contributed by atoms with Crippen LogP contribution in [0, 0.1) is 19.8 Å². The van der Waals surface area contributed by atoms with Gasteiger partial charge in [-0.3, -0.25) is 9.67 Å². The molecular weight excluding hydrogens is 262 g/mol. The first-order valence-corrected chi connectivity index (χ1v) is 7.75. The van der Waals surface area contributed by atoms with Crippen molar-refractivity contribution >= 4 is 5.82 Å². The second kappa shape index (κ2) is 6.24. The van der Waals surface area contributed by atoms with Crippen LogP contribution in [0.3, 0.4) is 0 Å². The molecule has 0 aromatic carbocycles. The summed E-state index contributed by atoms with van der Waals surface area (Å²) >= 11 is 0. The van der Waals surface area contributed by atoms with Gasteiger partial charge in [0.2, 0.25) is 0 Å². The van der Waals surface area contributed by atoms with Crippen LogP contribution in [0.4, 0.5) is 5.82 Å². The molecule has 0 amide bonds. The van der Waals surface area contributed by atoms with Crippen LogP contribution in [-0.2, 0) is 6.54 Å². The van der Waals surface area contributed by atoms with E-state index in [4.69, 9.17) is 0 Å². The standard InChI is InChI=1S/C16H23N5/c1-13-12-17-14(2)16(19-13)20-9-4-15(5-10-20)6-11-21-8-3-7-18-21/h3,7-8,12,15H,4-6,9-11H2,1-2H3. The van der Waals surface area contributed by atoms with Gasteiger partial charge in [0.15, 0.2) is 0 Å². The third kappa shape index (κ3) is 3.40. The van der Waals surface area contributed by atoms with Crippen molar-refractivity contribution in [3.63, 3.8) is 0 Å². The number of aromatic nitrogens is 4. The molecule has 2 aromatic heterocycles. The first kappa shape index (κ1) is 14.0. The molecule has 0 spiro atoms. The van der Waals surface area contributed by atoms with Gasteiger partial charge >= 0.3 is 0 Å². The zero-order valence-electron chi connectivity index (χ0n) is 12.9. The summed E-state index contributed by atoms with van der Waals surface area (Å²) in [6.07, 6.45) is 9.42. The van der Waals surface area contributed by atoms with Gasteiger partial charge in [-0.1, -0.05) is 0 Å². The van der Waals surface area contributed by atoms with Crippen LogP contribution < -0.4 is 4.90 Å². The first-order valence-electron chi connectivity index (χ1n) is 7.75. The first-order chi connectivity index (χ1) is 10.2. The van der Waals surface area contributed by atoms with Crippen LogP contribution in [-0.4, -0.2) is 32.8 Å². The van der Waals surface area contributed by atoms with Crippen LogP contribution in [0.2, 0.25) is 0 Å². The predicted molar refractivity (Wildman–Crippen MR) is 83.3 cm³/mol. The van der Waals surface area contributed by atoms with E-state index >= 15 is 0 Å². The minimum atomic E-state index is 0.795. The van der Waals surface area contributed by atoms with E-state index < -0.39 is 0 Å². The quantitative estimate of drug-likeness (QED) is 0.866. The molecule has 0 aliphatic carbocycles. The fraction of sp³-hybridized carbons (Fsp3) is 0.562. The summed E-state index contributed by atoms with van der Waals surface area (Å²) in [7, 11) is 0. The predicted octanol–water partition coefficient (Wildman–Crippen LogP) is 2.60. The Labute approximate surface area is 126 Å². The molecule has 112 valence electrons. The van der Waals surface area contributed by atoms with Gasteiger partial charge in [-0.2, -0.15) is 5.10 Å². The van der Waals surface area contributed by atoms with Gasteiger partial charge in [-0.05, 0) is 45.1 Å². The molecule has 0 bridgehead atoms. The third-order valence-corrected chi connectivity index (χ3v) is 4.29. The summed E-state index contributed by atoms with van der Waals surface area (Å²) in [5.41, 5.74) is 2.03. The van der Waals surface area contributed by atoms with E-state index in [0.717, 1.165) is 42.8 Å². The van der Waals surface area contributed by atoms with Gasteiger partial charge in [0.25, 0.3) is 0 Å². The van der Waals surface area contributed by atoms with Crippen molar-refractivity contribution in [2.24, 2.45) is 5.92 Å². The highest BCUT2D eigenvalue weighted by molar-refractivity contribution is 5.43. The molecule has 1 aliphatic rings. The molecule has 3 rings (SSSR count). The molecule has 0 radical (unpaired) electrons. The average molecular weight is 285 g/mol. The van der Waals surface area contributed by atoms with E-state index in [0.29, 0.717) is 0 Å². The highest BCUT2D eigenvalue weighted by Gasteiger charge is 2.21. The minimum absolute atomic E-state index is 0.795. The maximum Gasteiger partial charge on any atom is 0.150 e. The van der Waals surface area contributed by atoms with E-state index in [9.17, 15) is 0 Å². The molecule has 0 unspecified atom stereocenters. The normalized spacial score (nSPS) is 16.4. The Morgan fingerprint density at radius 2 is 2.05 bits per heavy atom. The smallest absolute Gasteiger partial charge is 0.150 e. The second-order valence-corrected chi connectivity index (χ2v) is 5.91. The van der Waals surface area contributed by atoms with Gasteiger partial charge in [0.05, 0.1) is 11.4 Å².